The second-order valence-corrected chi connectivity index (χ2v) is 10.1. The Morgan fingerprint density at radius 2 is 1.53 bits per heavy atom. The Labute approximate surface area is 180 Å². The second-order valence-electron chi connectivity index (χ2n) is 7.98. The molecule has 0 aliphatic carbocycles. The van der Waals surface area contributed by atoms with E-state index in [9.17, 15) is 13.2 Å². The molecular weight excluding hydrogens is 396 g/mol. The third kappa shape index (κ3) is 6.96. The number of nitrogens with zero attached hydrogens (tertiary/aromatic N) is 1. The maximum atomic E-state index is 12.8. The van der Waals surface area contributed by atoms with E-state index in [0.717, 1.165) is 37.7 Å². The Kier molecular flexibility index (Phi) is 8.46. The molecule has 0 spiro atoms. The molecule has 162 valence electrons. The summed E-state index contributed by atoms with van der Waals surface area (Å²) in [6.07, 6.45) is 4.64. The molecule has 1 heterocycles. The molecular formula is C24H32N2O3S. The zero-order valence-corrected chi connectivity index (χ0v) is 18.3. The van der Waals surface area contributed by atoms with Crippen LogP contribution in [0.4, 0.5) is 0 Å². The lowest BCUT2D eigenvalue weighted by atomic mass is 9.99. The van der Waals surface area contributed by atoms with Gasteiger partial charge in [0.1, 0.15) is 0 Å². The number of aryl methyl sites for hydroxylation is 2. The molecule has 3 rings (SSSR count). The summed E-state index contributed by atoms with van der Waals surface area (Å²) in [5, 5.41) is 3.00. The lowest BCUT2D eigenvalue weighted by Crippen LogP contribution is -2.46. The summed E-state index contributed by atoms with van der Waals surface area (Å²) >= 11 is 0. The van der Waals surface area contributed by atoms with E-state index < -0.39 is 10.0 Å². The first-order valence-electron chi connectivity index (χ1n) is 10.9. The summed E-state index contributed by atoms with van der Waals surface area (Å²) in [7, 11) is -3.33. The summed E-state index contributed by atoms with van der Waals surface area (Å²) in [5.41, 5.74) is 2.41. The summed E-state index contributed by atoms with van der Waals surface area (Å²) in [4.78, 5) is 12.5. The van der Waals surface area contributed by atoms with Gasteiger partial charge in [0, 0.05) is 19.6 Å². The van der Waals surface area contributed by atoms with Gasteiger partial charge in [0.15, 0.2) is 0 Å². The van der Waals surface area contributed by atoms with Crippen LogP contribution < -0.4 is 5.32 Å². The number of hydrogen-bond donors (Lipinski definition) is 1. The summed E-state index contributed by atoms with van der Waals surface area (Å²) in [5.74, 6) is -0.139. The van der Waals surface area contributed by atoms with Gasteiger partial charge in [0.2, 0.25) is 15.9 Å². The summed E-state index contributed by atoms with van der Waals surface area (Å²) in [6, 6.07) is 20.1. The number of amides is 1. The van der Waals surface area contributed by atoms with Gasteiger partial charge in [-0.3, -0.25) is 4.79 Å². The normalized spacial score (nSPS) is 17.5. The van der Waals surface area contributed by atoms with Crippen LogP contribution in [0.5, 0.6) is 0 Å². The predicted molar refractivity (Wildman–Crippen MR) is 121 cm³/mol. The molecule has 1 saturated heterocycles. The Morgan fingerprint density at radius 1 is 0.933 bits per heavy atom. The molecule has 1 unspecified atom stereocenters. The minimum Gasteiger partial charge on any atom is -0.356 e. The van der Waals surface area contributed by atoms with Crippen molar-refractivity contribution in [3.05, 3.63) is 71.8 Å². The average Bonchev–Trinajstić information content (AvgIpc) is 2.78. The summed E-state index contributed by atoms with van der Waals surface area (Å²) < 4.78 is 27.0. The van der Waals surface area contributed by atoms with Crippen LogP contribution in [0.3, 0.4) is 0 Å². The third-order valence-corrected chi connectivity index (χ3v) is 7.57. The van der Waals surface area contributed by atoms with Gasteiger partial charge < -0.3 is 5.32 Å². The number of rotatable bonds is 10. The number of hydrogen-bond acceptors (Lipinski definition) is 3. The van der Waals surface area contributed by atoms with Crippen LogP contribution >= 0.6 is 0 Å². The van der Waals surface area contributed by atoms with Crippen molar-refractivity contribution in [3.63, 3.8) is 0 Å². The van der Waals surface area contributed by atoms with Gasteiger partial charge in [-0.2, -0.15) is 0 Å². The maximum absolute atomic E-state index is 12.8. The molecule has 6 heteroatoms. The van der Waals surface area contributed by atoms with Gasteiger partial charge in [-0.25, -0.2) is 12.7 Å². The molecule has 5 nitrogen and oxygen atoms in total. The van der Waals surface area contributed by atoms with Crippen molar-refractivity contribution in [2.24, 2.45) is 5.92 Å². The molecule has 0 radical (unpaired) electrons. The van der Waals surface area contributed by atoms with Gasteiger partial charge in [-0.15, -0.1) is 0 Å². The zero-order valence-electron chi connectivity index (χ0n) is 17.5. The minimum atomic E-state index is -3.33. The molecule has 0 bridgehead atoms. The Bertz CT molecular complexity index is 885. The van der Waals surface area contributed by atoms with E-state index in [1.54, 1.807) is 0 Å². The Hall–Kier alpha value is -2.18. The Morgan fingerprint density at radius 3 is 2.17 bits per heavy atom. The fourth-order valence-corrected chi connectivity index (χ4v) is 5.52. The predicted octanol–water partition coefficient (Wildman–Crippen LogP) is 3.41. The first kappa shape index (κ1) is 22.5. The van der Waals surface area contributed by atoms with Gasteiger partial charge in [-0.05, 0) is 49.7 Å². The molecule has 1 aliphatic rings. The van der Waals surface area contributed by atoms with Gasteiger partial charge in [-0.1, -0.05) is 60.7 Å². The van der Waals surface area contributed by atoms with Crippen molar-refractivity contribution in [1.82, 2.24) is 9.62 Å². The largest absolute Gasteiger partial charge is 0.356 e. The number of benzene rings is 2. The monoisotopic (exact) mass is 428 g/mol. The molecule has 1 aliphatic heterocycles. The average molecular weight is 429 g/mol. The molecule has 2 aromatic carbocycles. The molecule has 1 atom stereocenters. The van der Waals surface area contributed by atoms with Crippen LogP contribution in [0.2, 0.25) is 0 Å². The van der Waals surface area contributed by atoms with Crippen molar-refractivity contribution in [3.8, 4) is 0 Å². The number of carbonyl (C=O) groups is 1. The first-order valence-corrected chi connectivity index (χ1v) is 12.5. The van der Waals surface area contributed by atoms with Gasteiger partial charge in [0.05, 0.1) is 11.7 Å². The van der Waals surface area contributed by atoms with E-state index in [1.165, 1.54) is 9.87 Å². The number of carbonyl (C=O) groups excluding carboxylic acids is 1. The second kappa shape index (κ2) is 11.3. The highest BCUT2D eigenvalue weighted by atomic mass is 32.2. The van der Waals surface area contributed by atoms with Crippen LogP contribution in [0.1, 0.15) is 36.8 Å². The van der Waals surface area contributed by atoms with Crippen LogP contribution in [-0.4, -0.2) is 44.0 Å². The van der Waals surface area contributed by atoms with E-state index >= 15 is 0 Å². The number of sulfonamides is 1. The number of nitrogens with one attached hydrogen (secondary N) is 1. The molecule has 1 N–H and O–H groups in total. The highest BCUT2D eigenvalue weighted by Gasteiger charge is 2.31. The maximum Gasteiger partial charge on any atom is 0.224 e. The van der Waals surface area contributed by atoms with E-state index in [2.05, 4.69) is 17.4 Å². The zero-order chi connectivity index (χ0) is 21.2. The Balaban J connectivity index is 1.41. The molecule has 1 fully saturated rings. The van der Waals surface area contributed by atoms with E-state index in [-0.39, 0.29) is 17.6 Å². The van der Waals surface area contributed by atoms with Crippen LogP contribution in [0.15, 0.2) is 60.7 Å². The van der Waals surface area contributed by atoms with Crippen LogP contribution in [0, 0.1) is 5.92 Å². The molecule has 0 saturated carbocycles. The van der Waals surface area contributed by atoms with Crippen molar-refractivity contribution in [1.29, 1.82) is 0 Å². The number of piperidine rings is 1. The summed E-state index contributed by atoms with van der Waals surface area (Å²) in [6.45, 7) is 1.44. The van der Waals surface area contributed by atoms with Gasteiger partial charge >= 0.3 is 0 Å². The first-order chi connectivity index (χ1) is 14.5. The van der Waals surface area contributed by atoms with Crippen molar-refractivity contribution in [2.75, 3.05) is 25.4 Å². The van der Waals surface area contributed by atoms with Crippen LogP contribution in [0.25, 0.3) is 0 Å². The quantitative estimate of drug-likeness (QED) is 0.590. The smallest absolute Gasteiger partial charge is 0.224 e. The highest BCUT2D eigenvalue weighted by molar-refractivity contribution is 7.89. The molecule has 1 amide bonds. The van der Waals surface area contributed by atoms with Crippen molar-refractivity contribution in [2.45, 2.75) is 38.5 Å². The fourth-order valence-electron chi connectivity index (χ4n) is 3.93. The topological polar surface area (TPSA) is 66.5 Å². The lowest BCUT2D eigenvalue weighted by Gasteiger charge is -2.31. The molecule has 30 heavy (non-hydrogen) atoms. The molecule has 2 aromatic rings. The van der Waals surface area contributed by atoms with E-state index in [4.69, 9.17) is 0 Å². The lowest BCUT2D eigenvalue weighted by molar-refractivity contribution is -0.126. The van der Waals surface area contributed by atoms with Crippen molar-refractivity contribution >= 4 is 15.9 Å². The minimum absolute atomic E-state index is 0.0211. The van der Waals surface area contributed by atoms with Crippen LogP contribution in [-0.2, 0) is 27.7 Å². The fraction of sp³-hybridized carbons (Fsp3) is 0.458. The standard InChI is InChI=1S/C24H32N2O3S/c27-24(25-17-7-14-21-10-3-1-4-11-21)23-16-8-18-26(20-23)30(28,29)19-9-15-22-12-5-2-6-13-22/h1-6,10-13,23H,7-9,14-20H2,(H,25,27). The third-order valence-electron chi connectivity index (χ3n) is 5.64. The van der Waals surface area contributed by atoms with E-state index in [1.807, 2.05) is 48.5 Å². The molecule has 0 aromatic heterocycles. The van der Waals surface area contributed by atoms with E-state index in [0.29, 0.717) is 26.1 Å². The highest BCUT2D eigenvalue weighted by Crippen LogP contribution is 2.20. The SMILES string of the molecule is O=C(NCCCc1ccccc1)C1CCCN(S(=O)(=O)CCCc2ccccc2)C1. The van der Waals surface area contributed by atoms with Crippen molar-refractivity contribution < 1.29 is 13.2 Å². The van der Waals surface area contributed by atoms with Gasteiger partial charge in [0.25, 0.3) is 0 Å².